The minimum atomic E-state index is 0.694. The number of hydrogen-bond acceptors (Lipinski definition) is 5. The van der Waals surface area contributed by atoms with Gasteiger partial charge in [0.2, 0.25) is 0 Å². The molecule has 4 nitrogen and oxygen atoms in total. The van der Waals surface area contributed by atoms with Gasteiger partial charge >= 0.3 is 0 Å². The predicted octanol–water partition coefficient (Wildman–Crippen LogP) is 2.31. The normalized spacial score (nSPS) is 10.4. The summed E-state index contributed by atoms with van der Waals surface area (Å²) in [6, 6.07) is 1.91. The van der Waals surface area contributed by atoms with Crippen molar-refractivity contribution >= 4 is 17.2 Å². The van der Waals surface area contributed by atoms with Gasteiger partial charge in [0.25, 0.3) is 0 Å². The van der Waals surface area contributed by atoms with E-state index in [1.54, 1.807) is 11.3 Å². The Morgan fingerprint density at radius 2 is 2.50 bits per heavy atom. The molecule has 0 aliphatic rings. The zero-order valence-corrected chi connectivity index (χ0v) is 8.67. The molecule has 2 rings (SSSR count). The van der Waals surface area contributed by atoms with Crippen molar-refractivity contribution in [3.63, 3.8) is 0 Å². The SMILES string of the molecule is CCc1cc(NCc2cscn2)no1. The molecule has 2 heterocycles. The maximum Gasteiger partial charge on any atom is 0.169 e. The third-order valence-electron chi connectivity index (χ3n) is 1.84. The summed E-state index contributed by atoms with van der Waals surface area (Å²) in [6.45, 7) is 2.73. The first kappa shape index (κ1) is 9.21. The molecule has 0 spiro atoms. The summed E-state index contributed by atoms with van der Waals surface area (Å²) < 4.78 is 5.05. The number of anilines is 1. The third kappa shape index (κ3) is 2.11. The van der Waals surface area contributed by atoms with E-state index in [1.807, 2.05) is 23.9 Å². The lowest BCUT2D eigenvalue weighted by Gasteiger charge is -1.96. The first-order valence-electron chi connectivity index (χ1n) is 4.45. The summed E-state index contributed by atoms with van der Waals surface area (Å²) in [5, 5.41) is 9.02. The average Bonchev–Trinajstić information content (AvgIpc) is 2.86. The van der Waals surface area contributed by atoms with Gasteiger partial charge < -0.3 is 9.84 Å². The van der Waals surface area contributed by atoms with Crippen LogP contribution in [0.15, 0.2) is 21.5 Å². The molecular formula is C9H11N3OS. The van der Waals surface area contributed by atoms with Crippen LogP contribution in [0.4, 0.5) is 5.82 Å². The average molecular weight is 209 g/mol. The quantitative estimate of drug-likeness (QED) is 0.839. The summed E-state index contributed by atoms with van der Waals surface area (Å²) in [4.78, 5) is 4.16. The second kappa shape index (κ2) is 4.23. The molecule has 0 saturated heterocycles. The van der Waals surface area contributed by atoms with Crippen LogP contribution in [0.3, 0.4) is 0 Å². The van der Waals surface area contributed by atoms with Crippen LogP contribution in [0.5, 0.6) is 0 Å². The van der Waals surface area contributed by atoms with Crippen LogP contribution in [0.1, 0.15) is 18.4 Å². The third-order valence-corrected chi connectivity index (χ3v) is 2.48. The Morgan fingerprint density at radius 3 is 3.14 bits per heavy atom. The van der Waals surface area contributed by atoms with Gasteiger partial charge in [0.1, 0.15) is 5.76 Å². The molecule has 0 radical (unpaired) electrons. The Morgan fingerprint density at radius 1 is 1.57 bits per heavy atom. The molecule has 0 saturated carbocycles. The van der Waals surface area contributed by atoms with Gasteiger partial charge in [0.15, 0.2) is 5.82 Å². The van der Waals surface area contributed by atoms with Crippen LogP contribution in [-0.4, -0.2) is 10.1 Å². The summed E-state index contributed by atoms with van der Waals surface area (Å²) in [6.07, 6.45) is 0.866. The number of aromatic nitrogens is 2. The fourth-order valence-corrected chi connectivity index (χ4v) is 1.63. The monoisotopic (exact) mass is 209 g/mol. The van der Waals surface area contributed by atoms with Gasteiger partial charge in [0.05, 0.1) is 17.7 Å². The van der Waals surface area contributed by atoms with Crippen LogP contribution in [0.25, 0.3) is 0 Å². The van der Waals surface area contributed by atoms with Crippen LogP contribution in [0.2, 0.25) is 0 Å². The highest BCUT2D eigenvalue weighted by Gasteiger charge is 2.01. The van der Waals surface area contributed by atoms with Crippen LogP contribution in [-0.2, 0) is 13.0 Å². The lowest BCUT2D eigenvalue weighted by atomic mass is 10.3. The van der Waals surface area contributed by atoms with E-state index in [0.29, 0.717) is 6.54 Å². The van der Waals surface area contributed by atoms with Crippen molar-refractivity contribution < 1.29 is 4.52 Å². The minimum Gasteiger partial charge on any atom is -0.362 e. The number of rotatable bonds is 4. The smallest absolute Gasteiger partial charge is 0.169 e. The standard InChI is InChI=1S/C9H11N3OS/c1-2-8-3-9(12-13-8)10-4-7-5-14-6-11-7/h3,5-6H,2,4H2,1H3,(H,10,12). The second-order valence-electron chi connectivity index (χ2n) is 2.87. The highest BCUT2D eigenvalue weighted by Crippen LogP contribution is 2.10. The molecule has 14 heavy (non-hydrogen) atoms. The molecular weight excluding hydrogens is 198 g/mol. The number of nitrogens with one attached hydrogen (secondary N) is 1. The minimum absolute atomic E-state index is 0.694. The van der Waals surface area contributed by atoms with Gasteiger partial charge in [-0.25, -0.2) is 4.98 Å². The second-order valence-corrected chi connectivity index (χ2v) is 3.58. The molecule has 74 valence electrons. The first-order valence-corrected chi connectivity index (χ1v) is 5.39. The summed E-state index contributed by atoms with van der Waals surface area (Å²) >= 11 is 1.59. The van der Waals surface area contributed by atoms with E-state index in [0.717, 1.165) is 23.7 Å². The van der Waals surface area contributed by atoms with Gasteiger partial charge in [-0.05, 0) is 0 Å². The van der Waals surface area contributed by atoms with Crippen molar-refractivity contribution in [2.45, 2.75) is 19.9 Å². The van der Waals surface area contributed by atoms with E-state index < -0.39 is 0 Å². The van der Waals surface area contributed by atoms with Crippen LogP contribution in [0, 0.1) is 0 Å². The molecule has 0 aromatic carbocycles. The lowest BCUT2D eigenvalue weighted by Crippen LogP contribution is -1.99. The highest BCUT2D eigenvalue weighted by molar-refractivity contribution is 7.07. The van der Waals surface area contributed by atoms with Crippen LogP contribution >= 0.6 is 11.3 Å². The zero-order valence-electron chi connectivity index (χ0n) is 7.86. The summed E-state index contributed by atoms with van der Waals surface area (Å²) in [5.74, 6) is 1.67. The Labute approximate surface area is 86.0 Å². The van der Waals surface area contributed by atoms with E-state index in [2.05, 4.69) is 15.5 Å². The Hall–Kier alpha value is -1.36. The number of thiazole rings is 1. The topological polar surface area (TPSA) is 51.0 Å². The van der Waals surface area contributed by atoms with Crippen molar-refractivity contribution in [1.82, 2.24) is 10.1 Å². The zero-order chi connectivity index (χ0) is 9.80. The lowest BCUT2D eigenvalue weighted by molar-refractivity contribution is 0.389. The van der Waals surface area contributed by atoms with E-state index in [4.69, 9.17) is 4.52 Å². The number of hydrogen-bond donors (Lipinski definition) is 1. The maximum absolute atomic E-state index is 5.05. The molecule has 0 amide bonds. The van der Waals surface area contributed by atoms with Crippen molar-refractivity contribution in [3.05, 3.63) is 28.4 Å². The summed E-state index contributed by atoms with van der Waals surface area (Å²) in [7, 11) is 0. The van der Waals surface area contributed by atoms with Gasteiger partial charge in [-0.3, -0.25) is 0 Å². The van der Waals surface area contributed by atoms with Crippen molar-refractivity contribution in [2.24, 2.45) is 0 Å². The molecule has 1 N–H and O–H groups in total. The van der Waals surface area contributed by atoms with E-state index in [9.17, 15) is 0 Å². The number of aryl methyl sites for hydroxylation is 1. The van der Waals surface area contributed by atoms with E-state index in [1.165, 1.54) is 0 Å². The molecule has 5 heteroatoms. The summed E-state index contributed by atoms with van der Waals surface area (Å²) in [5.41, 5.74) is 2.84. The van der Waals surface area contributed by atoms with E-state index >= 15 is 0 Å². The molecule has 2 aromatic heterocycles. The fraction of sp³-hybridized carbons (Fsp3) is 0.333. The van der Waals surface area contributed by atoms with Crippen molar-refractivity contribution in [1.29, 1.82) is 0 Å². The molecule has 0 aliphatic heterocycles. The molecule has 0 bridgehead atoms. The first-order chi connectivity index (χ1) is 6.88. The predicted molar refractivity (Wildman–Crippen MR) is 55.3 cm³/mol. The Balaban J connectivity index is 1.92. The largest absolute Gasteiger partial charge is 0.362 e. The molecule has 0 fully saturated rings. The molecule has 2 aromatic rings. The van der Waals surface area contributed by atoms with Crippen LogP contribution < -0.4 is 5.32 Å². The maximum atomic E-state index is 5.05. The highest BCUT2D eigenvalue weighted by atomic mass is 32.1. The van der Waals surface area contributed by atoms with Crippen molar-refractivity contribution in [3.8, 4) is 0 Å². The molecule has 0 atom stereocenters. The molecule has 0 aliphatic carbocycles. The van der Waals surface area contributed by atoms with Gasteiger partial charge in [-0.2, -0.15) is 0 Å². The fourth-order valence-electron chi connectivity index (χ4n) is 1.07. The molecule has 0 unspecified atom stereocenters. The Kier molecular flexibility index (Phi) is 2.78. The van der Waals surface area contributed by atoms with Gasteiger partial charge in [-0.1, -0.05) is 12.1 Å². The number of nitrogens with zero attached hydrogens (tertiary/aromatic N) is 2. The van der Waals surface area contributed by atoms with Gasteiger partial charge in [-0.15, -0.1) is 11.3 Å². The van der Waals surface area contributed by atoms with E-state index in [-0.39, 0.29) is 0 Å². The Bertz CT molecular complexity index is 382. The van der Waals surface area contributed by atoms with Crippen molar-refractivity contribution in [2.75, 3.05) is 5.32 Å². The van der Waals surface area contributed by atoms with Gasteiger partial charge in [0, 0.05) is 17.9 Å².